The molecule has 1 heterocycles. The number of hydrogen-bond acceptors (Lipinski definition) is 3. The third-order valence-electron chi connectivity index (χ3n) is 6.11. The molecular weight excluding hydrogens is 410 g/mol. The topological polar surface area (TPSA) is 58.6 Å². The van der Waals surface area contributed by atoms with Crippen LogP contribution in [0, 0.1) is 6.92 Å². The molecule has 0 spiro atoms. The molecule has 1 aliphatic rings. The van der Waals surface area contributed by atoms with Crippen molar-refractivity contribution in [3.05, 3.63) is 70.3 Å². The molecule has 1 atom stereocenters. The lowest BCUT2D eigenvalue weighted by atomic mass is 9.91. The molecule has 2 aromatic rings. The molecule has 1 amide bonds. The largest absolute Gasteiger partial charge is 0.506 e. The number of amides is 1. The highest BCUT2D eigenvalue weighted by atomic mass is 16.5. The molecule has 0 bridgehead atoms. The summed E-state index contributed by atoms with van der Waals surface area (Å²) in [6.07, 6.45) is 11.7. The van der Waals surface area contributed by atoms with Gasteiger partial charge in [0, 0.05) is 5.69 Å². The Morgan fingerprint density at radius 1 is 1.18 bits per heavy atom. The first kappa shape index (κ1) is 24.6. The Morgan fingerprint density at radius 3 is 2.58 bits per heavy atom. The van der Waals surface area contributed by atoms with Crippen molar-refractivity contribution in [3.8, 4) is 11.5 Å². The first-order valence-corrected chi connectivity index (χ1v) is 12.0. The van der Waals surface area contributed by atoms with Crippen molar-refractivity contribution in [2.24, 2.45) is 0 Å². The van der Waals surface area contributed by atoms with Crippen molar-refractivity contribution in [1.29, 1.82) is 0 Å². The van der Waals surface area contributed by atoms with Crippen molar-refractivity contribution >= 4 is 17.7 Å². The van der Waals surface area contributed by atoms with Crippen molar-refractivity contribution in [1.82, 2.24) is 0 Å². The number of aryl methyl sites for hydroxylation is 2. The molecule has 2 N–H and O–H groups in total. The third-order valence-corrected chi connectivity index (χ3v) is 6.11. The predicted molar refractivity (Wildman–Crippen MR) is 137 cm³/mol. The molecule has 1 unspecified atom stereocenters. The molecule has 4 heteroatoms. The summed E-state index contributed by atoms with van der Waals surface area (Å²) in [5.41, 5.74) is 4.42. The Bertz CT molecular complexity index is 1050. The summed E-state index contributed by atoms with van der Waals surface area (Å²) in [4.78, 5) is 13.2. The lowest BCUT2D eigenvalue weighted by Crippen LogP contribution is -2.32. The van der Waals surface area contributed by atoms with Gasteiger partial charge >= 0.3 is 0 Å². The van der Waals surface area contributed by atoms with Gasteiger partial charge in [0.1, 0.15) is 17.1 Å². The molecule has 3 rings (SSSR count). The zero-order valence-electron chi connectivity index (χ0n) is 20.6. The van der Waals surface area contributed by atoms with E-state index in [4.69, 9.17) is 4.74 Å². The summed E-state index contributed by atoms with van der Waals surface area (Å²) in [6, 6.07) is 9.62. The van der Waals surface area contributed by atoms with Gasteiger partial charge in [-0.2, -0.15) is 0 Å². The second-order valence-electron chi connectivity index (χ2n) is 9.52. The summed E-state index contributed by atoms with van der Waals surface area (Å²) in [6.45, 7) is 10.4. The predicted octanol–water partition coefficient (Wildman–Crippen LogP) is 7.60. The molecule has 0 aromatic heterocycles. The van der Waals surface area contributed by atoms with Crippen LogP contribution in [0.15, 0.2) is 48.1 Å². The van der Waals surface area contributed by atoms with Gasteiger partial charge in [-0.15, -0.1) is 0 Å². The van der Waals surface area contributed by atoms with Gasteiger partial charge in [0.2, 0.25) is 0 Å². The fourth-order valence-electron chi connectivity index (χ4n) is 4.13. The van der Waals surface area contributed by atoms with Gasteiger partial charge in [-0.25, -0.2) is 0 Å². The number of carbonyl (C=O) groups is 1. The van der Waals surface area contributed by atoms with Crippen LogP contribution < -0.4 is 10.1 Å². The van der Waals surface area contributed by atoms with Crippen LogP contribution in [0.3, 0.4) is 0 Å². The van der Waals surface area contributed by atoms with Crippen molar-refractivity contribution < 1.29 is 14.6 Å². The van der Waals surface area contributed by atoms with Crippen LogP contribution in [0.5, 0.6) is 11.5 Å². The molecule has 1 aliphatic heterocycles. The highest BCUT2D eigenvalue weighted by Gasteiger charge is 2.31. The average molecular weight is 448 g/mol. The molecule has 0 saturated carbocycles. The van der Waals surface area contributed by atoms with Gasteiger partial charge in [0.25, 0.3) is 5.91 Å². The number of allylic oxidation sites excluding steroid dienone is 2. The summed E-state index contributed by atoms with van der Waals surface area (Å²) in [7, 11) is 0. The van der Waals surface area contributed by atoms with E-state index >= 15 is 0 Å². The van der Waals surface area contributed by atoms with Crippen LogP contribution in [-0.2, 0) is 6.42 Å². The number of unbranched alkanes of at least 4 members (excludes halogenated alkanes) is 2. The first-order valence-electron chi connectivity index (χ1n) is 12.0. The van der Waals surface area contributed by atoms with E-state index in [-0.39, 0.29) is 11.7 Å². The second-order valence-corrected chi connectivity index (χ2v) is 9.52. The molecule has 0 fully saturated rings. The van der Waals surface area contributed by atoms with Crippen LogP contribution in [0.2, 0.25) is 0 Å². The number of phenolic OH excluding ortho intramolecular Hbond substituents is 1. The van der Waals surface area contributed by atoms with Crippen LogP contribution in [0.1, 0.15) is 86.8 Å². The summed E-state index contributed by atoms with van der Waals surface area (Å²) >= 11 is 0. The Morgan fingerprint density at radius 2 is 1.91 bits per heavy atom. The zero-order valence-corrected chi connectivity index (χ0v) is 20.6. The summed E-state index contributed by atoms with van der Waals surface area (Å²) < 4.78 is 6.39. The minimum atomic E-state index is -0.447. The number of aromatic hydroxyl groups is 1. The van der Waals surface area contributed by atoms with Gasteiger partial charge in [0.05, 0.1) is 11.1 Å². The fraction of sp³-hybridized carbons (Fsp3) is 0.414. The zero-order chi connectivity index (χ0) is 24.0. The number of carbonyl (C=O) groups excluding carboxylic acids is 1. The van der Waals surface area contributed by atoms with E-state index in [1.807, 2.05) is 49.4 Å². The minimum Gasteiger partial charge on any atom is -0.506 e. The number of anilines is 1. The van der Waals surface area contributed by atoms with E-state index in [9.17, 15) is 9.90 Å². The summed E-state index contributed by atoms with van der Waals surface area (Å²) in [5.74, 6) is 0.343. The molecule has 2 aromatic carbocycles. The number of fused-ring (bicyclic) bond motifs is 1. The van der Waals surface area contributed by atoms with Gasteiger partial charge in [-0.3, -0.25) is 4.79 Å². The highest BCUT2D eigenvalue weighted by Crippen LogP contribution is 2.42. The lowest BCUT2D eigenvalue weighted by Gasteiger charge is -2.32. The monoisotopic (exact) mass is 447 g/mol. The van der Waals surface area contributed by atoms with Gasteiger partial charge in [-0.05, 0) is 89.3 Å². The number of phenols is 1. The molecule has 0 saturated heterocycles. The molecule has 0 aliphatic carbocycles. The van der Waals surface area contributed by atoms with E-state index in [1.165, 1.54) is 5.57 Å². The molecule has 4 nitrogen and oxygen atoms in total. The highest BCUT2D eigenvalue weighted by molar-refractivity contribution is 6.08. The Balaban J connectivity index is 1.93. The molecule has 0 radical (unpaired) electrons. The standard InChI is InChI=1S/C29H37NO3/c1-6-7-8-11-22-19-25-24(16-18-29(5,33-25)17-9-10-20(2)3)27(31)26(22)28(32)30-23-14-12-21(4)13-15-23/h10,12-16,18-19,31H,6-9,11,17H2,1-5H3,(H,30,32). The quantitative estimate of drug-likeness (QED) is 0.307. The molecular formula is C29H37NO3. The Labute approximate surface area is 198 Å². The van der Waals surface area contributed by atoms with E-state index in [1.54, 1.807) is 0 Å². The van der Waals surface area contributed by atoms with E-state index in [0.29, 0.717) is 29.0 Å². The average Bonchev–Trinajstić information content (AvgIpc) is 2.75. The second kappa shape index (κ2) is 10.7. The van der Waals surface area contributed by atoms with Crippen molar-refractivity contribution in [3.63, 3.8) is 0 Å². The maximum atomic E-state index is 13.2. The normalized spacial score (nSPS) is 16.6. The summed E-state index contributed by atoms with van der Waals surface area (Å²) in [5, 5.41) is 14.1. The number of benzene rings is 2. The van der Waals surface area contributed by atoms with E-state index in [2.05, 4.69) is 39.1 Å². The molecule has 33 heavy (non-hydrogen) atoms. The van der Waals surface area contributed by atoms with Gasteiger partial charge < -0.3 is 15.2 Å². The van der Waals surface area contributed by atoms with Gasteiger partial charge in [-0.1, -0.05) is 49.1 Å². The van der Waals surface area contributed by atoms with E-state index in [0.717, 1.165) is 43.2 Å². The first-order chi connectivity index (χ1) is 15.7. The Kier molecular flexibility index (Phi) is 8.01. The SMILES string of the molecule is CCCCCc1cc2c(c(O)c1C(=O)Nc1ccc(C)cc1)C=CC(C)(CCC=C(C)C)O2. The van der Waals surface area contributed by atoms with Crippen LogP contribution in [0.25, 0.3) is 6.08 Å². The van der Waals surface area contributed by atoms with Crippen LogP contribution in [0.4, 0.5) is 5.69 Å². The van der Waals surface area contributed by atoms with E-state index < -0.39 is 5.60 Å². The number of nitrogens with one attached hydrogen (secondary N) is 1. The van der Waals surface area contributed by atoms with Crippen LogP contribution >= 0.6 is 0 Å². The smallest absolute Gasteiger partial charge is 0.259 e. The molecule has 176 valence electrons. The lowest BCUT2D eigenvalue weighted by molar-refractivity contribution is 0.102. The van der Waals surface area contributed by atoms with Crippen LogP contribution in [-0.4, -0.2) is 16.6 Å². The van der Waals surface area contributed by atoms with Crippen molar-refractivity contribution in [2.75, 3.05) is 5.32 Å². The number of rotatable bonds is 9. The minimum absolute atomic E-state index is 0.00814. The van der Waals surface area contributed by atoms with Crippen molar-refractivity contribution in [2.45, 2.75) is 78.7 Å². The fourth-order valence-corrected chi connectivity index (χ4v) is 4.13. The maximum Gasteiger partial charge on any atom is 0.259 e. The number of hydrogen-bond donors (Lipinski definition) is 2. The Hall–Kier alpha value is -3.01. The van der Waals surface area contributed by atoms with Gasteiger partial charge in [0.15, 0.2) is 0 Å². The maximum absolute atomic E-state index is 13.2. The third kappa shape index (κ3) is 6.28. The number of ether oxygens (including phenoxy) is 1.